The van der Waals surface area contributed by atoms with Gasteiger partial charge in [-0.1, -0.05) is 35.3 Å². The monoisotopic (exact) mass is 375 g/mol. The molecule has 25 heavy (non-hydrogen) atoms. The van der Waals surface area contributed by atoms with E-state index in [0.29, 0.717) is 15.7 Å². The van der Waals surface area contributed by atoms with Crippen molar-refractivity contribution in [1.82, 2.24) is 5.43 Å². The lowest BCUT2D eigenvalue weighted by molar-refractivity contribution is -0.117. The molecule has 0 atom stereocenters. The number of amides is 2. The molecule has 2 aromatic rings. The largest absolute Gasteiger partial charge is 0.378 e. The Labute approximate surface area is 155 Å². The number of hydrogen-bond acceptors (Lipinski definition) is 3. The molecule has 0 aromatic heterocycles. The fourth-order valence-corrected chi connectivity index (χ4v) is 2.96. The minimum Gasteiger partial charge on any atom is -0.378 e. The van der Waals surface area contributed by atoms with E-state index in [1.807, 2.05) is 43.3 Å². The molecular formula is C18H15Cl2N3O2. The first-order valence-electron chi connectivity index (χ1n) is 7.46. The van der Waals surface area contributed by atoms with Crippen molar-refractivity contribution in [3.63, 3.8) is 0 Å². The maximum atomic E-state index is 12.6. The van der Waals surface area contributed by atoms with Crippen LogP contribution in [0.1, 0.15) is 5.56 Å². The molecule has 1 aliphatic heterocycles. The van der Waals surface area contributed by atoms with Crippen molar-refractivity contribution in [3.8, 4) is 0 Å². The predicted octanol–water partition coefficient (Wildman–Crippen LogP) is 3.52. The van der Waals surface area contributed by atoms with Gasteiger partial charge in [-0.15, -0.1) is 0 Å². The lowest BCUT2D eigenvalue weighted by atomic mass is 10.1. The van der Waals surface area contributed by atoms with Crippen LogP contribution in [0.5, 0.6) is 0 Å². The molecule has 1 saturated heterocycles. The summed E-state index contributed by atoms with van der Waals surface area (Å²) >= 11 is 11.9. The topological polar surface area (TPSA) is 52.7 Å². The van der Waals surface area contributed by atoms with Gasteiger partial charge in [0.1, 0.15) is 5.57 Å². The fraction of sp³-hybridized carbons (Fsp3) is 0.111. The normalized spacial score (nSPS) is 15.7. The molecule has 0 radical (unpaired) electrons. The van der Waals surface area contributed by atoms with Gasteiger partial charge < -0.3 is 4.90 Å². The van der Waals surface area contributed by atoms with Gasteiger partial charge in [0.15, 0.2) is 0 Å². The zero-order valence-electron chi connectivity index (χ0n) is 13.6. The molecule has 0 saturated carbocycles. The molecule has 5 nitrogen and oxygen atoms in total. The summed E-state index contributed by atoms with van der Waals surface area (Å²) in [5.41, 5.74) is 4.77. The van der Waals surface area contributed by atoms with Crippen molar-refractivity contribution in [3.05, 3.63) is 63.6 Å². The first-order chi connectivity index (χ1) is 11.8. The van der Waals surface area contributed by atoms with Gasteiger partial charge in [0.25, 0.3) is 11.8 Å². The lowest BCUT2D eigenvalue weighted by Gasteiger charge is -2.15. The number of anilines is 2. The first kappa shape index (κ1) is 17.3. The molecular weight excluding hydrogens is 361 g/mol. The quantitative estimate of drug-likeness (QED) is 0.659. The van der Waals surface area contributed by atoms with Crippen LogP contribution in [0.4, 0.5) is 11.4 Å². The highest BCUT2D eigenvalue weighted by Gasteiger charge is 2.34. The SMILES string of the molecule is CN(C)c1ccc(C=C2C(=O)NN(c3cc(Cl)cc(Cl)c3)C2=O)cc1. The highest BCUT2D eigenvalue weighted by Crippen LogP contribution is 2.28. The Morgan fingerprint density at radius 2 is 1.60 bits per heavy atom. The van der Waals surface area contributed by atoms with Crippen molar-refractivity contribution in [2.45, 2.75) is 0 Å². The molecule has 1 aliphatic rings. The Hall–Kier alpha value is -2.50. The zero-order chi connectivity index (χ0) is 18.1. The highest BCUT2D eigenvalue weighted by atomic mass is 35.5. The van der Waals surface area contributed by atoms with E-state index >= 15 is 0 Å². The summed E-state index contributed by atoms with van der Waals surface area (Å²) in [5, 5.41) is 1.89. The number of carbonyl (C=O) groups excluding carboxylic acids is 2. The van der Waals surface area contributed by atoms with Gasteiger partial charge >= 0.3 is 0 Å². The van der Waals surface area contributed by atoms with Gasteiger partial charge in [-0.25, -0.2) is 5.01 Å². The van der Waals surface area contributed by atoms with Crippen molar-refractivity contribution in [1.29, 1.82) is 0 Å². The zero-order valence-corrected chi connectivity index (χ0v) is 15.1. The molecule has 0 aliphatic carbocycles. The Morgan fingerprint density at radius 3 is 2.16 bits per heavy atom. The second-order valence-electron chi connectivity index (χ2n) is 5.75. The Kier molecular flexibility index (Phi) is 4.70. The first-order valence-corrected chi connectivity index (χ1v) is 8.21. The Bertz CT molecular complexity index is 856. The van der Waals surface area contributed by atoms with E-state index in [-0.39, 0.29) is 5.57 Å². The number of rotatable bonds is 3. The number of nitrogens with one attached hydrogen (secondary N) is 1. The van der Waals surface area contributed by atoms with Gasteiger partial charge in [0.05, 0.1) is 5.69 Å². The van der Waals surface area contributed by atoms with Gasteiger partial charge in [0.2, 0.25) is 0 Å². The average molecular weight is 376 g/mol. The van der Waals surface area contributed by atoms with Crippen molar-refractivity contribution < 1.29 is 9.59 Å². The van der Waals surface area contributed by atoms with Gasteiger partial charge in [-0.3, -0.25) is 15.0 Å². The maximum Gasteiger partial charge on any atom is 0.282 e. The Morgan fingerprint density at radius 1 is 1.00 bits per heavy atom. The number of hydrazine groups is 1. The smallest absolute Gasteiger partial charge is 0.282 e. The molecule has 128 valence electrons. The summed E-state index contributed by atoms with van der Waals surface area (Å²) in [5.74, 6) is -0.933. The van der Waals surface area contributed by atoms with E-state index in [4.69, 9.17) is 23.2 Å². The summed E-state index contributed by atoms with van der Waals surface area (Å²) in [6, 6.07) is 12.2. The van der Waals surface area contributed by atoms with E-state index in [9.17, 15) is 9.59 Å². The van der Waals surface area contributed by atoms with Gasteiger partial charge in [-0.2, -0.15) is 0 Å². The lowest BCUT2D eigenvalue weighted by Crippen LogP contribution is -2.35. The van der Waals surface area contributed by atoms with Crippen LogP contribution in [0.15, 0.2) is 48.0 Å². The number of nitrogens with zero attached hydrogens (tertiary/aromatic N) is 2. The van der Waals surface area contributed by atoms with Gasteiger partial charge in [0, 0.05) is 29.8 Å². The standard InChI is InChI=1S/C18H15Cl2N3O2/c1-22(2)14-5-3-11(4-6-14)7-16-17(24)21-23(18(16)25)15-9-12(19)8-13(20)10-15/h3-10H,1-2H3,(H,21,24). The van der Waals surface area contributed by atoms with Crippen LogP contribution >= 0.6 is 23.2 Å². The number of halogens is 2. The molecule has 1 fully saturated rings. The Balaban J connectivity index is 1.90. The minimum atomic E-state index is -0.474. The molecule has 0 spiro atoms. The summed E-state index contributed by atoms with van der Waals surface area (Å²) in [6.45, 7) is 0. The van der Waals surface area contributed by atoms with E-state index in [1.165, 1.54) is 0 Å². The van der Waals surface area contributed by atoms with E-state index in [2.05, 4.69) is 5.43 Å². The third-order valence-corrected chi connectivity index (χ3v) is 4.15. The van der Waals surface area contributed by atoms with Crippen LogP contribution in [-0.4, -0.2) is 25.9 Å². The van der Waals surface area contributed by atoms with E-state index in [0.717, 1.165) is 16.3 Å². The highest BCUT2D eigenvalue weighted by molar-refractivity contribution is 6.36. The van der Waals surface area contributed by atoms with Crippen molar-refractivity contribution in [2.75, 3.05) is 24.0 Å². The average Bonchev–Trinajstić information content (AvgIpc) is 2.82. The molecule has 2 aromatic carbocycles. The van der Waals surface area contributed by atoms with E-state index < -0.39 is 11.8 Å². The third kappa shape index (κ3) is 3.62. The molecule has 7 heteroatoms. The maximum absolute atomic E-state index is 12.6. The molecule has 0 bridgehead atoms. The second kappa shape index (κ2) is 6.78. The van der Waals surface area contributed by atoms with Crippen LogP contribution in [0.25, 0.3) is 6.08 Å². The summed E-state index contributed by atoms with van der Waals surface area (Å²) in [4.78, 5) is 26.8. The van der Waals surface area contributed by atoms with Crippen molar-refractivity contribution in [2.24, 2.45) is 0 Å². The van der Waals surface area contributed by atoms with Crippen LogP contribution in [0.2, 0.25) is 10.0 Å². The van der Waals surface area contributed by atoms with E-state index in [1.54, 1.807) is 24.3 Å². The number of benzene rings is 2. The molecule has 1 N–H and O–H groups in total. The summed E-state index contributed by atoms with van der Waals surface area (Å²) in [6.07, 6.45) is 1.56. The molecule has 3 rings (SSSR count). The van der Waals surface area contributed by atoms with Gasteiger partial charge in [-0.05, 0) is 42.0 Å². The molecule has 2 amide bonds. The summed E-state index contributed by atoms with van der Waals surface area (Å²) in [7, 11) is 3.88. The van der Waals surface area contributed by atoms with Crippen LogP contribution < -0.4 is 15.3 Å². The van der Waals surface area contributed by atoms with Crippen molar-refractivity contribution >= 4 is 52.5 Å². The second-order valence-corrected chi connectivity index (χ2v) is 6.63. The van der Waals surface area contributed by atoms with Crippen LogP contribution in [0, 0.1) is 0 Å². The van der Waals surface area contributed by atoms with Crippen LogP contribution in [0.3, 0.4) is 0 Å². The third-order valence-electron chi connectivity index (χ3n) is 3.72. The summed E-state index contributed by atoms with van der Waals surface area (Å²) < 4.78 is 0. The molecule has 1 heterocycles. The number of hydrogen-bond donors (Lipinski definition) is 1. The predicted molar refractivity (Wildman–Crippen MR) is 101 cm³/mol. The number of carbonyl (C=O) groups is 2. The molecule has 0 unspecified atom stereocenters. The minimum absolute atomic E-state index is 0.0497. The van der Waals surface area contributed by atoms with Crippen LogP contribution in [-0.2, 0) is 9.59 Å². The fourth-order valence-electron chi connectivity index (χ4n) is 2.44.